The minimum absolute atomic E-state index is 0.0593. The molecule has 0 spiro atoms. The Kier molecular flexibility index (Phi) is 5.59. The van der Waals surface area contributed by atoms with E-state index in [9.17, 15) is 10.1 Å². The molecule has 2 aromatic rings. The summed E-state index contributed by atoms with van der Waals surface area (Å²) in [5.41, 5.74) is 0.920. The van der Waals surface area contributed by atoms with Gasteiger partial charge < -0.3 is 0 Å². The molecular weight excluding hydrogens is 362 g/mol. The van der Waals surface area contributed by atoms with E-state index in [0.29, 0.717) is 12.5 Å². The molecule has 0 bridgehead atoms. The van der Waals surface area contributed by atoms with Gasteiger partial charge in [-0.1, -0.05) is 24.8 Å². The topological polar surface area (TPSA) is 58.7 Å². The van der Waals surface area contributed by atoms with E-state index in [-0.39, 0.29) is 11.0 Å². The van der Waals surface area contributed by atoms with Crippen LogP contribution in [0.4, 0.5) is 0 Å². The van der Waals surface area contributed by atoms with Crippen LogP contribution in [0, 0.1) is 22.7 Å². The normalized spacial score (nSPS) is 17.1. The number of hydrogen-bond donors (Lipinski definition) is 0. The smallest absolute Gasteiger partial charge is 0.263 e. The Hall–Kier alpha value is -1.58. The Morgan fingerprint density at radius 1 is 1.54 bits per heavy atom. The number of thioether (sulfide) groups is 1. The number of nitriles is 1. The van der Waals surface area contributed by atoms with Crippen molar-refractivity contribution in [2.45, 2.75) is 58.2 Å². The molecule has 0 fully saturated rings. The summed E-state index contributed by atoms with van der Waals surface area (Å²) < 4.78 is 1.74. The predicted octanol–water partition coefficient (Wildman–Crippen LogP) is 4.80. The lowest BCUT2D eigenvalue weighted by atomic mass is 9.89. The molecule has 0 amide bonds. The Labute approximate surface area is 162 Å². The van der Waals surface area contributed by atoms with Gasteiger partial charge in [-0.25, -0.2) is 4.98 Å². The van der Waals surface area contributed by atoms with Crippen molar-refractivity contribution in [2.75, 3.05) is 5.75 Å². The number of fused-ring (bicyclic) bond motifs is 3. The maximum absolute atomic E-state index is 13.2. The maximum atomic E-state index is 13.2. The van der Waals surface area contributed by atoms with Crippen molar-refractivity contribution in [3.05, 3.63) is 33.4 Å². The third-order valence-electron chi connectivity index (χ3n) is 4.95. The van der Waals surface area contributed by atoms with Crippen LogP contribution in [-0.2, 0) is 19.4 Å². The molecule has 0 saturated carbocycles. The van der Waals surface area contributed by atoms with Crippen LogP contribution in [0.2, 0.25) is 0 Å². The Bertz CT molecular complexity index is 933. The van der Waals surface area contributed by atoms with E-state index in [4.69, 9.17) is 4.98 Å². The second-order valence-corrected chi connectivity index (χ2v) is 9.87. The molecule has 0 N–H and O–H groups in total. The molecule has 2 heterocycles. The molecule has 26 heavy (non-hydrogen) atoms. The van der Waals surface area contributed by atoms with Crippen LogP contribution >= 0.6 is 23.1 Å². The quantitative estimate of drug-likeness (QED) is 0.406. The predicted molar refractivity (Wildman–Crippen MR) is 110 cm³/mol. The maximum Gasteiger partial charge on any atom is 0.263 e. The van der Waals surface area contributed by atoms with Crippen molar-refractivity contribution < 1.29 is 0 Å². The minimum atomic E-state index is -0.362. The lowest BCUT2D eigenvalue weighted by Gasteiger charge is -2.18. The summed E-state index contributed by atoms with van der Waals surface area (Å²) in [7, 11) is 0. The van der Waals surface area contributed by atoms with Crippen molar-refractivity contribution in [1.82, 2.24) is 9.55 Å². The van der Waals surface area contributed by atoms with Gasteiger partial charge in [-0.05, 0) is 51.0 Å². The van der Waals surface area contributed by atoms with Gasteiger partial charge in [0, 0.05) is 17.2 Å². The molecular formula is C20H25N3OS2. The first-order valence-electron chi connectivity index (χ1n) is 9.06. The third kappa shape index (κ3) is 3.74. The lowest BCUT2D eigenvalue weighted by Crippen LogP contribution is -2.23. The summed E-state index contributed by atoms with van der Waals surface area (Å²) in [5, 5.41) is 10.7. The highest BCUT2D eigenvalue weighted by Crippen LogP contribution is 2.36. The second-order valence-electron chi connectivity index (χ2n) is 7.72. The van der Waals surface area contributed by atoms with Crippen LogP contribution in [0.5, 0.6) is 0 Å². The molecule has 0 aliphatic heterocycles. The molecule has 1 unspecified atom stereocenters. The molecule has 6 heteroatoms. The highest BCUT2D eigenvalue weighted by Gasteiger charge is 2.25. The Balaban J connectivity index is 2.00. The van der Waals surface area contributed by atoms with Crippen molar-refractivity contribution in [2.24, 2.45) is 11.3 Å². The van der Waals surface area contributed by atoms with E-state index in [1.165, 1.54) is 10.4 Å². The monoisotopic (exact) mass is 387 g/mol. The minimum Gasteiger partial charge on any atom is -0.283 e. The van der Waals surface area contributed by atoms with Gasteiger partial charge in [0.1, 0.15) is 4.83 Å². The van der Waals surface area contributed by atoms with Gasteiger partial charge in [0.05, 0.1) is 16.9 Å². The molecule has 1 aliphatic rings. The largest absolute Gasteiger partial charge is 0.283 e. The number of rotatable bonds is 6. The van der Waals surface area contributed by atoms with Crippen molar-refractivity contribution in [3.8, 4) is 6.07 Å². The first kappa shape index (κ1) is 19.2. The van der Waals surface area contributed by atoms with E-state index in [2.05, 4.69) is 19.6 Å². The molecule has 4 nitrogen and oxygen atoms in total. The average molecular weight is 388 g/mol. The van der Waals surface area contributed by atoms with Gasteiger partial charge in [-0.15, -0.1) is 17.9 Å². The molecule has 1 aliphatic carbocycles. The molecule has 0 saturated heterocycles. The first-order chi connectivity index (χ1) is 12.4. The SMILES string of the molecule is C=CCn1c(SCCC(C)(C)C#N)nc2sc3c(c2c1=O)CCC(C)C3. The zero-order valence-corrected chi connectivity index (χ0v) is 17.3. The van der Waals surface area contributed by atoms with Crippen LogP contribution in [-0.4, -0.2) is 15.3 Å². The highest BCUT2D eigenvalue weighted by molar-refractivity contribution is 7.99. The van der Waals surface area contributed by atoms with E-state index < -0.39 is 0 Å². The van der Waals surface area contributed by atoms with Gasteiger partial charge in [0.25, 0.3) is 5.56 Å². The van der Waals surface area contributed by atoms with E-state index in [0.717, 1.165) is 46.8 Å². The first-order valence-corrected chi connectivity index (χ1v) is 10.9. The summed E-state index contributed by atoms with van der Waals surface area (Å²) in [6, 6.07) is 2.33. The standard InChI is InChI=1S/C20H25N3OS2/c1-5-9-23-18(24)16-14-7-6-13(2)11-15(14)26-17(16)22-19(23)25-10-8-20(3,4)12-21/h5,13H,1,6-11H2,2-4H3. The van der Waals surface area contributed by atoms with Crippen molar-refractivity contribution >= 4 is 33.3 Å². The number of aromatic nitrogens is 2. The van der Waals surface area contributed by atoms with Crippen LogP contribution in [0.25, 0.3) is 10.2 Å². The molecule has 2 aromatic heterocycles. The summed E-state index contributed by atoms with van der Waals surface area (Å²) in [5.74, 6) is 1.44. The van der Waals surface area contributed by atoms with Gasteiger partial charge in [0.15, 0.2) is 5.16 Å². The van der Waals surface area contributed by atoms with E-state index in [1.807, 2.05) is 13.8 Å². The summed E-state index contributed by atoms with van der Waals surface area (Å²) in [6.45, 7) is 10.4. The fourth-order valence-electron chi connectivity index (χ4n) is 3.26. The molecule has 1 atom stereocenters. The van der Waals surface area contributed by atoms with Crippen LogP contribution in [0.15, 0.2) is 22.6 Å². The molecule has 138 valence electrons. The summed E-state index contributed by atoms with van der Waals surface area (Å²) >= 11 is 3.25. The van der Waals surface area contributed by atoms with Crippen LogP contribution < -0.4 is 5.56 Å². The average Bonchev–Trinajstić information content (AvgIpc) is 2.95. The van der Waals surface area contributed by atoms with Crippen LogP contribution in [0.3, 0.4) is 0 Å². The number of hydrogen-bond acceptors (Lipinski definition) is 5. The van der Waals surface area contributed by atoms with Gasteiger partial charge in [-0.3, -0.25) is 9.36 Å². The zero-order valence-electron chi connectivity index (χ0n) is 15.7. The number of allylic oxidation sites excluding steroid dienone is 1. The lowest BCUT2D eigenvalue weighted by molar-refractivity contribution is 0.481. The molecule has 0 radical (unpaired) electrons. The van der Waals surface area contributed by atoms with Gasteiger partial charge in [-0.2, -0.15) is 5.26 Å². The second kappa shape index (κ2) is 7.58. The molecule has 3 rings (SSSR count). The molecule has 0 aromatic carbocycles. The summed E-state index contributed by atoms with van der Waals surface area (Å²) in [6.07, 6.45) is 5.67. The van der Waals surface area contributed by atoms with Crippen LogP contribution in [0.1, 0.15) is 44.1 Å². The van der Waals surface area contributed by atoms with Crippen molar-refractivity contribution in [3.63, 3.8) is 0 Å². The fourth-order valence-corrected chi connectivity index (χ4v) is 5.95. The number of aryl methyl sites for hydroxylation is 1. The summed E-state index contributed by atoms with van der Waals surface area (Å²) in [4.78, 5) is 20.2. The fraction of sp³-hybridized carbons (Fsp3) is 0.550. The number of thiophene rings is 1. The Morgan fingerprint density at radius 3 is 3.00 bits per heavy atom. The van der Waals surface area contributed by atoms with Gasteiger partial charge >= 0.3 is 0 Å². The van der Waals surface area contributed by atoms with E-state index >= 15 is 0 Å². The van der Waals surface area contributed by atoms with E-state index in [1.54, 1.807) is 33.7 Å². The van der Waals surface area contributed by atoms with Crippen molar-refractivity contribution in [1.29, 1.82) is 5.26 Å². The highest BCUT2D eigenvalue weighted by atomic mass is 32.2. The number of nitrogens with zero attached hydrogens (tertiary/aromatic N) is 3. The zero-order chi connectivity index (χ0) is 18.9. The Morgan fingerprint density at radius 2 is 2.31 bits per heavy atom. The third-order valence-corrected chi connectivity index (χ3v) is 7.08. The van der Waals surface area contributed by atoms with Gasteiger partial charge in [0.2, 0.25) is 0 Å².